The molecule has 0 spiro atoms. The number of hydrogen-bond acceptors (Lipinski definition) is 4. The molecule has 16 heavy (non-hydrogen) atoms. The lowest BCUT2D eigenvalue weighted by molar-refractivity contribution is -0.120. The van der Waals surface area contributed by atoms with Gasteiger partial charge in [-0.2, -0.15) is 0 Å². The maximum absolute atomic E-state index is 11.5. The van der Waals surface area contributed by atoms with Crippen LogP contribution in [0.5, 0.6) is 0 Å². The van der Waals surface area contributed by atoms with E-state index in [0.29, 0.717) is 5.92 Å². The summed E-state index contributed by atoms with van der Waals surface area (Å²) in [5.41, 5.74) is 0. The Morgan fingerprint density at radius 3 is 2.56 bits per heavy atom. The van der Waals surface area contributed by atoms with Crippen molar-refractivity contribution in [2.75, 3.05) is 18.6 Å². The molecule has 0 aromatic rings. The largest absolute Gasteiger partial charge is 0.351 e. The van der Waals surface area contributed by atoms with Crippen LogP contribution >= 0.6 is 0 Å². The van der Waals surface area contributed by atoms with Crippen LogP contribution in [0.15, 0.2) is 0 Å². The highest BCUT2D eigenvalue weighted by Crippen LogP contribution is 2.15. The van der Waals surface area contributed by atoms with Gasteiger partial charge in [-0.3, -0.25) is 4.79 Å². The number of rotatable bonds is 3. The number of carbonyl (C=O) groups is 1. The van der Waals surface area contributed by atoms with Gasteiger partial charge in [0.15, 0.2) is 9.84 Å². The van der Waals surface area contributed by atoms with Crippen molar-refractivity contribution in [1.29, 1.82) is 0 Å². The van der Waals surface area contributed by atoms with E-state index in [4.69, 9.17) is 0 Å². The van der Waals surface area contributed by atoms with Crippen LogP contribution in [-0.4, -0.2) is 45.0 Å². The summed E-state index contributed by atoms with van der Waals surface area (Å²) < 4.78 is 21.9. The molecule has 6 heteroatoms. The molecule has 1 aliphatic heterocycles. The Morgan fingerprint density at radius 2 is 2.06 bits per heavy atom. The zero-order valence-corrected chi connectivity index (χ0v) is 10.8. The molecule has 1 heterocycles. The number of amides is 1. The van der Waals surface area contributed by atoms with Crippen LogP contribution < -0.4 is 10.6 Å². The average molecular weight is 248 g/mol. The summed E-state index contributed by atoms with van der Waals surface area (Å²) in [6.07, 6.45) is 2.06. The Kier molecular flexibility index (Phi) is 4.32. The minimum absolute atomic E-state index is 0.0167. The van der Waals surface area contributed by atoms with Crippen LogP contribution in [-0.2, 0) is 14.6 Å². The summed E-state index contributed by atoms with van der Waals surface area (Å²) in [5.74, 6) is -0.460. The Hall–Kier alpha value is -0.620. The first-order valence-electron chi connectivity index (χ1n) is 5.50. The third-order valence-electron chi connectivity index (χ3n) is 2.94. The van der Waals surface area contributed by atoms with Gasteiger partial charge in [-0.15, -0.1) is 0 Å². The van der Waals surface area contributed by atoms with Crippen molar-refractivity contribution in [1.82, 2.24) is 10.6 Å². The first-order valence-corrected chi connectivity index (χ1v) is 7.56. The van der Waals surface area contributed by atoms with E-state index in [-0.39, 0.29) is 12.1 Å². The lowest BCUT2D eigenvalue weighted by Crippen LogP contribution is -2.56. The fourth-order valence-electron chi connectivity index (χ4n) is 2.07. The highest BCUT2D eigenvalue weighted by atomic mass is 32.2. The van der Waals surface area contributed by atoms with Crippen molar-refractivity contribution in [3.05, 3.63) is 0 Å². The average Bonchev–Trinajstić information content (AvgIpc) is 2.08. The first kappa shape index (κ1) is 13.4. The highest BCUT2D eigenvalue weighted by molar-refractivity contribution is 7.91. The molecule has 1 rings (SSSR count). The van der Waals surface area contributed by atoms with Crippen molar-refractivity contribution in [3.63, 3.8) is 0 Å². The summed E-state index contributed by atoms with van der Waals surface area (Å²) in [5, 5.41) is 6.06. The Labute approximate surface area is 96.9 Å². The van der Waals surface area contributed by atoms with Gasteiger partial charge < -0.3 is 10.6 Å². The maximum Gasteiger partial charge on any atom is 0.235 e. The second-order valence-corrected chi connectivity index (χ2v) is 6.81. The van der Waals surface area contributed by atoms with E-state index in [9.17, 15) is 13.2 Å². The molecule has 1 aliphatic rings. The van der Waals surface area contributed by atoms with E-state index in [0.717, 1.165) is 19.2 Å². The predicted octanol–water partition coefficient (Wildman–Crippen LogP) is -0.466. The van der Waals surface area contributed by atoms with Gasteiger partial charge >= 0.3 is 0 Å². The van der Waals surface area contributed by atoms with Crippen molar-refractivity contribution in [2.24, 2.45) is 5.92 Å². The molecule has 1 fully saturated rings. The van der Waals surface area contributed by atoms with E-state index >= 15 is 0 Å². The summed E-state index contributed by atoms with van der Waals surface area (Å²) in [6, 6.07) is 0.204. The smallest absolute Gasteiger partial charge is 0.235 e. The fourth-order valence-corrected chi connectivity index (χ4v) is 2.63. The Bertz CT molecular complexity index is 343. The first-order chi connectivity index (χ1) is 7.29. The number of piperidine rings is 1. The lowest BCUT2D eigenvalue weighted by Gasteiger charge is -2.35. The molecule has 2 N–H and O–H groups in total. The monoisotopic (exact) mass is 248 g/mol. The van der Waals surface area contributed by atoms with E-state index in [1.807, 2.05) is 6.92 Å². The molecule has 0 bridgehead atoms. The molecule has 0 aliphatic carbocycles. The molecule has 94 valence electrons. The molecule has 0 aromatic carbocycles. The number of sulfone groups is 1. The van der Waals surface area contributed by atoms with Gasteiger partial charge in [0.25, 0.3) is 0 Å². The zero-order chi connectivity index (χ0) is 12.3. The van der Waals surface area contributed by atoms with Crippen LogP contribution in [0.4, 0.5) is 0 Å². The van der Waals surface area contributed by atoms with Gasteiger partial charge in [0, 0.05) is 18.3 Å². The molecule has 1 amide bonds. The molecule has 3 unspecified atom stereocenters. The molecule has 0 aromatic heterocycles. The minimum atomic E-state index is -3.24. The summed E-state index contributed by atoms with van der Waals surface area (Å²) in [7, 11) is -3.24. The van der Waals surface area contributed by atoms with Gasteiger partial charge in [-0.05, 0) is 25.8 Å². The summed E-state index contributed by atoms with van der Waals surface area (Å²) in [6.45, 7) is 5.02. The Balaban J connectivity index is 2.55. The maximum atomic E-state index is 11.5. The van der Waals surface area contributed by atoms with Gasteiger partial charge in [-0.1, -0.05) is 6.92 Å². The molecule has 5 nitrogen and oxygen atoms in total. The molecular formula is C10H20N2O3S. The molecule has 1 saturated heterocycles. The van der Waals surface area contributed by atoms with Gasteiger partial charge in [0.2, 0.25) is 5.91 Å². The van der Waals surface area contributed by atoms with Crippen LogP contribution in [0.25, 0.3) is 0 Å². The van der Waals surface area contributed by atoms with Gasteiger partial charge in [0.1, 0.15) is 5.75 Å². The van der Waals surface area contributed by atoms with Crippen LogP contribution in [0, 0.1) is 5.92 Å². The predicted molar refractivity (Wildman–Crippen MR) is 62.9 cm³/mol. The van der Waals surface area contributed by atoms with E-state index in [2.05, 4.69) is 17.6 Å². The van der Waals surface area contributed by atoms with Crippen LogP contribution in [0.3, 0.4) is 0 Å². The number of hydrogen-bond donors (Lipinski definition) is 2. The molecule has 3 atom stereocenters. The van der Waals surface area contributed by atoms with Gasteiger partial charge in [0.05, 0.1) is 0 Å². The Morgan fingerprint density at radius 1 is 1.44 bits per heavy atom. The number of carbonyl (C=O) groups excluding carboxylic acids is 1. The molecule has 0 saturated carbocycles. The quantitative estimate of drug-likeness (QED) is 0.708. The van der Waals surface area contributed by atoms with E-state index in [1.54, 1.807) is 0 Å². The third-order valence-corrected chi connectivity index (χ3v) is 3.73. The molecular weight excluding hydrogens is 228 g/mol. The number of nitrogens with one attached hydrogen (secondary N) is 2. The van der Waals surface area contributed by atoms with Crippen LogP contribution in [0.2, 0.25) is 0 Å². The second kappa shape index (κ2) is 5.14. The summed E-state index contributed by atoms with van der Waals surface area (Å²) >= 11 is 0. The standard InChI is InChI=1S/C10H20N2O3S/c1-7-4-5-11-8(2)10(7)12-9(13)6-16(3,14)15/h7-8,10-11H,4-6H2,1-3H3,(H,12,13). The van der Waals surface area contributed by atoms with Crippen molar-refractivity contribution in [2.45, 2.75) is 32.4 Å². The lowest BCUT2D eigenvalue weighted by atomic mass is 9.89. The fraction of sp³-hybridized carbons (Fsp3) is 0.900. The van der Waals surface area contributed by atoms with Crippen molar-refractivity contribution < 1.29 is 13.2 Å². The van der Waals surface area contributed by atoms with Crippen molar-refractivity contribution >= 4 is 15.7 Å². The van der Waals surface area contributed by atoms with E-state index in [1.165, 1.54) is 0 Å². The van der Waals surface area contributed by atoms with E-state index < -0.39 is 21.5 Å². The molecule has 0 radical (unpaired) electrons. The topological polar surface area (TPSA) is 75.3 Å². The second-order valence-electron chi connectivity index (χ2n) is 4.67. The summed E-state index contributed by atoms with van der Waals surface area (Å²) in [4.78, 5) is 11.5. The zero-order valence-electron chi connectivity index (χ0n) is 9.99. The highest BCUT2D eigenvalue weighted by Gasteiger charge is 2.29. The normalized spacial score (nSPS) is 31.1. The minimum Gasteiger partial charge on any atom is -0.351 e. The van der Waals surface area contributed by atoms with Crippen molar-refractivity contribution in [3.8, 4) is 0 Å². The third kappa shape index (κ3) is 4.09. The van der Waals surface area contributed by atoms with Crippen LogP contribution in [0.1, 0.15) is 20.3 Å². The van der Waals surface area contributed by atoms with Gasteiger partial charge in [-0.25, -0.2) is 8.42 Å². The SMILES string of the molecule is CC1CCNC(C)C1NC(=O)CS(C)(=O)=O.